The lowest BCUT2D eigenvalue weighted by Crippen LogP contribution is -2.28. The van der Waals surface area contributed by atoms with Gasteiger partial charge < -0.3 is 11.1 Å². The molecule has 4 nitrogen and oxygen atoms in total. The Morgan fingerprint density at radius 3 is 2.47 bits per heavy atom. The zero-order valence-electron chi connectivity index (χ0n) is 10.3. The van der Waals surface area contributed by atoms with Gasteiger partial charge in [-0.15, -0.1) is 0 Å². The Labute approximate surface area is 101 Å². The van der Waals surface area contributed by atoms with E-state index in [9.17, 15) is 0 Å². The van der Waals surface area contributed by atoms with Gasteiger partial charge in [-0.25, -0.2) is 9.97 Å². The number of rotatable bonds is 4. The molecule has 1 unspecified atom stereocenters. The Kier molecular flexibility index (Phi) is 3.54. The third-order valence-electron chi connectivity index (χ3n) is 2.86. The SMILES string of the molecule is CCC(CN)Nc1nc2ccccc2nc1C. The largest absolute Gasteiger partial charge is 0.365 e. The van der Waals surface area contributed by atoms with Crippen LogP contribution in [0, 0.1) is 6.92 Å². The first-order chi connectivity index (χ1) is 8.24. The smallest absolute Gasteiger partial charge is 0.148 e. The standard InChI is InChI=1S/C13H18N4/c1-3-10(8-14)16-13-9(2)15-11-6-4-5-7-12(11)17-13/h4-7,10H,3,8,14H2,1-2H3,(H,16,17). The first-order valence-electron chi connectivity index (χ1n) is 5.94. The molecule has 1 atom stereocenters. The van der Waals surface area contributed by atoms with Crippen molar-refractivity contribution in [3.63, 3.8) is 0 Å². The van der Waals surface area contributed by atoms with Gasteiger partial charge in [-0.2, -0.15) is 0 Å². The highest BCUT2D eigenvalue weighted by Gasteiger charge is 2.08. The van der Waals surface area contributed by atoms with Crippen LogP contribution in [0.25, 0.3) is 11.0 Å². The maximum absolute atomic E-state index is 5.68. The molecule has 4 heteroatoms. The summed E-state index contributed by atoms with van der Waals surface area (Å²) in [6.45, 7) is 4.67. The van der Waals surface area contributed by atoms with Gasteiger partial charge in [0.05, 0.1) is 16.7 Å². The lowest BCUT2D eigenvalue weighted by atomic mass is 10.2. The van der Waals surface area contributed by atoms with Gasteiger partial charge in [0.1, 0.15) is 5.82 Å². The molecule has 0 amide bonds. The van der Waals surface area contributed by atoms with Crippen LogP contribution in [0.1, 0.15) is 19.0 Å². The summed E-state index contributed by atoms with van der Waals surface area (Å²) in [6.07, 6.45) is 0.977. The fourth-order valence-corrected chi connectivity index (χ4v) is 1.75. The number of hydrogen-bond donors (Lipinski definition) is 2. The molecular weight excluding hydrogens is 212 g/mol. The monoisotopic (exact) mass is 230 g/mol. The molecule has 1 heterocycles. The highest BCUT2D eigenvalue weighted by molar-refractivity contribution is 5.76. The van der Waals surface area contributed by atoms with Gasteiger partial charge in [0.2, 0.25) is 0 Å². The quantitative estimate of drug-likeness (QED) is 0.844. The van der Waals surface area contributed by atoms with Crippen molar-refractivity contribution in [2.75, 3.05) is 11.9 Å². The van der Waals surface area contributed by atoms with Gasteiger partial charge in [-0.05, 0) is 25.5 Å². The number of nitrogens with two attached hydrogens (primary N) is 1. The van der Waals surface area contributed by atoms with Crippen LogP contribution in [0.5, 0.6) is 0 Å². The molecule has 90 valence electrons. The molecule has 0 saturated heterocycles. The van der Waals surface area contributed by atoms with Crippen LogP contribution in [0.3, 0.4) is 0 Å². The number of hydrogen-bond acceptors (Lipinski definition) is 4. The minimum Gasteiger partial charge on any atom is -0.365 e. The van der Waals surface area contributed by atoms with Gasteiger partial charge >= 0.3 is 0 Å². The number of para-hydroxylation sites is 2. The number of aromatic nitrogens is 2. The molecule has 0 bridgehead atoms. The van der Waals surface area contributed by atoms with Crippen LogP contribution in [0.4, 0.5) is 5.82 Å². The molecule has 0 aliphatic carbocycles. The summed E-state index contributed by atoms with van der Waals surface area (Å²) in [5.41, 5.74) is 8.43. The molecule has 2 rings (SSSR count). The Bertz CT molecular complexity index is 506. The molecule has 1 aromatic heterocycles. The predicted molar refractivity (Wildman–Crippen MR) is 71.0 cm³/mol. The number of aryl methyl sites for hydroxylation is 1. The zero-order chi connectivity index (χ0) is 12.3. The first-order valence-corrected chi connectivity index (χ1v) is 5.94. The van der Waals surface area contributed by atoms with Crippen molar-refractivity contribution in [1.29, 1.82) is 0 Å². The van der Waals surface area contributed by atoms with Gasteiger partial charge in [-0.1, -0.05) is 19.1 Å². The van der Waals surface area contributed by atoms with E-state index < -0.39 is 0 Å². The fraction of sp³-hybridized carbons (Fsp3) is 0.385. The predicted octanol–water partition coefficient (Wildman–Crippen LogP) is 2.09. The number of anilines is 1. The Morgan fingerprint density at radius 2 is 1.88 bits per heavy atom. The third-order valence-corrected chi connectivity index (χ3v) is 2.86. The molecule has 0 fully saturated rings. The van der Waals surface area contributed by atoms with Gasteiger partial charge in [0, 0.05) is 12.6 Å². The Balaban J connectivity index is 2.37. The second kappa shape index (κ2) is 5.10. The molecule has 0 radical (unpaired) electrons. The molecule has 0 spiro atoms. The third kappa shape index (κ3) is 2.53. The van der Waals surface area contributed by atoms with Gasteiger partial charge in [0.25, 0.3) is 0 Å². The van der Waals surface area contributed by atoms with Crippen molar-refractivity contribution in [2.24, 2.45) is 5.73 Å². The normalized spacial score (nSPS) is 12.6. The van der Waals surface area contributed by atoms with Gasteiger partial charge in [0.15, 0.2) is 0 Å². The number of nitrogens with zero attached hydrogens (tertiary/aromatic N) is 2. The van der Waals surface area contributed by atoms with Gasteiger partial charge in [-0.3, -0.25) is 0 Å². The van der Waals surface area contributed by atoms with Crippen LogP contribution < -0.4 is 11.1 Å². The Morgan fingerprint density at radius 1 is 1.24 bits per heavy atom. The van der Waals surface area contributed by atoms with E-state index >= 15 is 0 Å². The van der Waals surface area contributed by atoms with Crippen molar-refractivity contribution in [3.8, 4) is 0 Å². The van der Waals surface area contributed by atoms with E-state index in [1.807, 2.05) is 31.2 Å². The van der Waals surface area contributed by atoms with Crippen LogP contribution in [-0.2, 0) is 0 Å². The zero-order valence-corrected chi connectivity index (χ0v) is 10.3. The lowest BCUT2D eigenvalue weighted by Gasteiger charge is -2.16. The number of fused-ring (bicyclic) bond motifs is 1. The summed E-state index contributed by atoms with van der Waals surface area (Å²) in [6, 6.07) is 8.13. The van der Waals surface area contributed by atoms with Crippen LogP contribution in [-0.4, -0.2) is 22.6 Å². The van der Waals surface area contributed by atoms with E-state index in [0.717, 1.165) is 29.0 Å². The summed E-state index contributed by atoms with van der Waals surface area (Å²) >= 11 is 0. The van der Waals surface area contributed by atoms with E-state index in [-0.39, 0.29) is 6.04 Å². The highest BCUT2D eigenvalue weighted by atomic mass is 15.1. The van der Waals surface area contributed by atoms with Crippen LogP contribution in [0.2, 0.25) is 0 Å². The van der Waals surface area contributed by atoms with E-state index in [1.54, 1.807) is 0 Å². The van der Waals surface area contributed by atoms with E-state index in [1.165, 1.54) is 0 Å². The minimum absolute atomic E-state index is 0.254. The van der Waals surface area contributed by atoms with Crippen molar-refractivity contribution in [1.82, 2.24) is 9.97 Å². The average molecular weight is 230 g/mol. The number of nitrogens with one attached hydrogen (secondary N) is 1. The molecule has 0 saturated carbocycles. The van der Waals surface area contributed by atoms with Crippen LogP contribution >= 0.6 is 0 Å². The summed E-state index contributed by atoms with van der Waals surface area (Å²) in [5.74, 6) is 0.834. The summed E-state index contributed by atoms with van der Waals surface area (Å²) in [5, 5.41) is 3.34. The second-order valence-corrected chi connectivity index (χ2v) is 4.13. The van der Waals surface area contributed by atoms with E-state index in [0.29, 0.717) is 6.54 Å². The van der Waals surface area contributed by atoms with Crippen molar-refractivity contribution in [3.05, 3.63) is 30.0 Å². The van der Waals surface area contributed by atoms with Crippen molar-refractivity contribution < 1.29 is 0 Å². The lowest BCUT2D eigenvalue weighted by molar-refractivity contribution is 0.699. The summed E-state index contributed by atoms with van der Waals surface area (Å²) in [4.78, 5) is 9.11. The first kappa shape index (κ1) is 11.8. The molecule has 17 heavy (non-hydrogen) atoms. The minimum atomic E-state index is 0.254. The molecule has 3 N–H and O–H groups in total. The topological polar surface area (TPSA) is 63.8 Å². The highest BCUT2D eigenvalue weighted by Crippen LogP contribution is 2.16. The van der Waals surface area contributed by atoms with Crippen molar-refractivity contribution in [2.45, 2.75) is 26.3 Å². The second-order valence-electron chi connectivity index (χ2n) is 4.13. The molecule has 0 aliphatic rings. The maximum atomic E-state index is 5.68. The van der Waals surface area contributed by atoms with Crippen molar-refractivity contribution >= 4 is 16.9 Å². The summed E-state index contributed by atoms with van der Waals surface area (Å²) in [7, 11) is 0. The fourth-order valence-electron chi connectivity index (χ4n) is 1.75. The number of benzene rings is 1. The molecule has 1 aromatic carbocycles. The molecule has 0 aliphatic heterocycles. The van der Waals surface area contributed by atoms with E-state index in [2.05, 4.69) is 22.2 Å². The summed E-state index contributed by atoms with van der Waals surface area (Å²) < 4.78 is 0. The maximum Gasteiger partial charge on any atom is 0.148 e. The molecule has 2 aromatic rings. The Hall–Kier alpha value is -1.68. The van der Waals surface area contributed by atoms with Crippen LogP contribution in [0.15, 0.2) is 24.3 Å². The molecular formula is C13H18N4. The van der Waals surface area contributed by atoms with E-state index in [4.69, 9.17) is 5.73 Å². The average Bonchev–Trinajstić information content (AvgIpc) is 2.36.